The molecule has 0 aliphatic rings. The SMILES string of the molecule is CCCN(CCCNc1ccnc2cc(Cl)ccc12)Cc1cc(OC)ccc1O. The molecule has 0 saturated heterocycles. The highest BCUT2D eigenvalue weighted by molar-refractivity contribution is 6.31. The maximum Gasteiger partial charge on any atom is 0.120 e. The van der Waals surface area contributed by atoms with E-state index in [1.165, 1.54) is 0 Å². The van der Waals surface area contributed by atoms with Crippen molar-refractivity contribution in [3.8, 4) is 11.5 Å². The third-order valence-electron chi connectivity index (χ3n) is 4.89. The quantitative estimate of drug-likeness (QED) is 0.441. The summed E-state index contributed by atoms with van der Waals surface area (Å²) >= 11 is 6.07. The molecule has 29 heavy (non-hydrogen) atoms. The zero-order valence-corrected chi connectivity index (χ0v) is 17.7. The van der Waals surface area contributed by atoms with Crippen LogP contribution in [-0.4, -0.2) is 41.7 Å². The number of hydrogen-bond acceptors (Lipinski definition) is 5. The van der Waals surface area contributed by atoms with Crippen LogP contribution in [0.3, 0.4) is 0 Å². The van der Waals surface area contributed by atoms with Crippen LogP contribution in [0, 0.1) is 0 Å². The molecule has 154 valence electrons. The molecule has 5 nitrogen and oxygen atoms in total. The van der Waals surface area contributed by atoms with Crippen molar-refractivity contribution in [1.29, 1.82) is 0 Å². The molecule has 0 spiro atoms. The summed E-state index contributed by atoms with van der Waals surface area (Å²) in [6, 6.07) is 13.1. The van der Waals surface area contributed by atoms with Crippen LogP contribution in [0.15, 0.2) is 48.7 Å². The molecule has 3 rings (SSSR count). The molecule has 0 radical (unpaired) electrons. The van der Waals surface area contributed by atoms with Gasteiger partial charge in [-0.2, -0.15) is 0 Å². The average molecular weight is 414 g/mol. The number of fused-ring (bicyclic) bond motifs is 1. The number of nitrogens with one attached hydrogen (secondary N) is 1. The molecular weight excluding hydrogens is 386 g/mol. The second kappa shape index (κ2) is 10.3. The van der Waals surface area contributed by atoms with E-state index in [0.29, 0.717) is 17.3 Å². The number of nitrogens with zero attached hydrogens (tertiary/aromatic N) is 2. The Labute approximate surface area is 177 Å². The van der Waals surface area contributed by atoms with Gasteiger partial charge in [0.2, 0.25) is 0 Å². The van der Waals surface area contributed by atoms with Gasteiger partial charge in [-0.15, -0.1) is 0 Å². The standard InChI is InChI=1S/C23H28ClN3O2/c1-3-12-27(16-17-14-19(29-2)6-8-23(17)28)13-4-10-25-21-9-11-26-22-15-18(24)5-7-20(21)22/h5-9,11,14-15,28H,3-4,10,12-13,16H2,1-2H3,(H,25,26). The maximum absolute atomic E-state index is 10.2. The first-order valence-electron chi connectivity index (χ1n) is 9.97. The van der Waals surface area contributed by atoms with Gasteiger partial charge in [-0.3, -0.25) is 9.88 Å². The molecule has 2 N–H and O–H groups in total. The monoisotopic (exact) mass is 413 g/mol. The van der Waals surface area contributed by atoms with E-state index in [-0.39, 0.29) is 0 Å². The van der Waals surface area contributed by atoms with Crippen LogP contribution >= 0.6 is 11.6 Å². The van der Waals surface area contributed by atoms with E-state index in [9.17, 15) is 5.11 Å². The molecule has 1 heterocycles. The molecule has 0 unspecified atom stereocenters. The van der Waals surface area contributed by atoms with Crippen molar-refractivity contribution in [1.82, 2.24) is 9.88 Å². The number of rotatable bonds is 10. The van der Waals surface area contributed by atoms with Gasteiger partial charge in [-0.25, -0.2) is 0 Å². The molecule has 0 bridgehead atoms. The average Bonchev–Trinajstić information content (AvgIpc) is 2.72. The van der Waals surface area contributed by atoms with Crippen LogP contribution < -0.4 is 10.1 Å². The number of phenolic OH excluding ortho intramolecular Hbond substituents is 1. The molecule has 3 aromatic rings. The van der Waals surface area contributed by atoms with Crippen molar-refractivity contribution in [2.24, 2.45) is 0 Å². The summed E-state index contributed by atoms with van der Waals surface area (Å²) in [6.45, 7) is 5.64. The second-order valence-corrected chi connectivity index (χ2v) is 7.51. The Bertz CT molecular complexity index is 949. The summed E-state index contributed by atoms with van der Waals surface area (Å²) in [5, 5.41) is 15.5. The number of pyridine rings is 1. The van der Waals surface area contributed by atoms with Gasteiger partial charge in [0.05, 0.1) is 12.6 Å². The Morgan fingerprint density at radius 3 is 2.79 bits per heavy atom. The predicted octanol–water partition coefficient (Wildman–Crippen LogP) is 5.32. The molecular formula is C23H28ClN3O2. The van der Waals surface area contributed by atoms with Gasteiger partial charge in [0.15, 0.2) is 0 Å². The third-order valence-corrected chi connectivity index (χ3v) is 5.13. The van der Waals surface area contributed by atoms with Crippen LogP contribution in [0.4, 0.5) is 5.69 Å². The summed E-state index contributed by atoms with van der Waals surface area (Å²) in [6.07, 6.45) is 3.85. The summed E-state index contributed by atoms with van der Waals surface area (Å²) < 4.78 is 5.29. The highest BCUT2D eigenvalue weighted by atomic mass is 35.5. The zero-order chi connectivity index (χ0) is 20.6. The number of halogens is 1. The first-order valence-corrected chi connectivity index (χ1v) is 10.3. The van der Waals surface area contributed by atoms with Crippen molar-refractivity contribution in [2.45, 2.75) is 26.3 Å². The minimum absolute atomic E-state index is 0.312. The fraction of sp³-hybridized carbons (Fsp3) is 0.348. The molecule has 0 aliphatic carbocycles. The minimum atomic E-state index is 0.312. The van der Waals surface area contributed by atoms with Gasteiger partial charge >= 0.3 is 0 Å². The smallest absolute Gasteiger partial charge is 0.120 e. The van der Waals surface area contributed by atoms with Crippen LogP contribution in [-0.2, 0) is 6.54 Å². The molecule has 6 heteroatoms. The Kier molecular flexibility index (Phi) is 7.55. The lowest BCUT2D eigenvalue weighted by Gasteiger charge is -2.23. The van der Waals surface area contributed by atoms with Gasteiger partial charge in [-0.1, -0.05) is 18.5 Å². The highest BCUT2D eigenvalue weighted by Gasteiger charge is 2.10. The van der Waals surface area contributed by atoms with E-state index in [0.717, 1.165) is 60.4 Å². The van der Waals surface area contributed by atoms with Crippen molar-refractivity contribution < 1.29 is 9.84 Å². The Morgan fingerprint density at radius 1 is 1.14 bits per heavy atom. The van der Waals surface area contributed by atoms with Crippen molar-refractivity contribution >= 4 is 28.2 Å². The zero-order valence-electron chi connectivity index (χ0n) is 17.0. The number of phenols is 1. The van der Waals surface area contributed by atoms with Gasteiger partial charge in [0, 0.05) is 47.5 Å². The van der Waals surface area contributed by atoms with Crippen LogP contribution in [0.5, 0.6) is 11.5 Å². The number of benzene rings is 2. The van der Waals surface area contributed by atoms with E-state index < -0.39 is 0 Å². The highest BCUT2D eigenvalue weighted by Crippen LogP contribution is 2.25. The number of aromatic nitrogens is 1. The maximum atomic E-state index is 10.2. The number of aromatic hydroxyl groups is 1. The van der Waals surface area contributed by atoms with Gasteiger partial charge < -0.3 is 15.2 Å². The fourth-order valence-corrected chi connectivity index (χ4v) is 3.61. The molecule has 0 amide bonds. The van der Waals surface area contributed by atoms with E-state index >= 15 is 0 Å². The third kappa shape index (κ3) is 5.75. The summed E-state index contributed by atoms with van der Waals surface area (Å²) in [5.41, 5.74) is 2.85. The first kappa shape index (κ1) is 21.2. The van der Waals surface area contributed by atoms with E-state index in [1.54, 1.807) is 25.4 Å². The lowest BCUT2D eigenvalue weighted by Crippen LogP contribution is -2.26. The van der Waals surface area contributed by atoms with E-state index in [1.807, 2.05) is 30.3 Å². The lowest BCUT2D eigenvalue weighted by atomic mass is 10.1. The van der Waals surface area contributed by atoms with Gasteiger partial charge in [0.25, 0.3) is 0 Å². The molecule has 2 aromatic carbocycles. The summed E-state index contributed by atoms with van der Waals surface area (Å²) in [7, 11) is 1.64. The molecule has 0 atom stereocenters. The Balaban J connectivity index is 1.58. The number of hydrogen-bond donors (Lipinski definition) is 2. The van der Waals surface area contributed by atoms with E-state index in [4.69, 9.17) is 16.3 Å². The van der Waals surface area contributed by atoms with Crippen LogP contribution in [0.1, 0.15) is 25.3 Å². The summed E-state index contributed by atoms with van der Waals surface area (Å²) in [5.74, 6) is 1.08. The van der Waals surface area contributed by atoms with Crippen molar-refractivity contribution in [2.75, 3.05) is 32.1 Å². The van der Waals surface area contributed by atoms with E-state index in [2.05, 4.69) is 22.1 Å². The van der Waals surface area contributed by atoms with Crippen LogP contribution in [0.25, 0.3) is 10.9 Å². The van der Waals surface area contributed by atoms with Crippen LogP contribution in [0.2, 0.25) is 5.02 Å². The molecule has 1 aromatic heterocycles. The van der Waals surface area contributed by atoms with Crippen molar-refractivity contribution in [3.63, 3.8) is 0 Å². The molecule has 0 fully saturated rings. The number of ether oxygens (including phenoxy) is 1. The second-order valence-electron chi connectivity index (χ2n) is 7.07. The molecule has 0 saturated carbocycles. The summed E-state index contributed by atoms with van der Waals surface area (Å²) in [4.78, 5) is 6.75. The fourth-order valence-electron chi connectivity index (χ4n) is 3.44. The van der Waals surface area contributed by atoms with Gasteiger partial charge in [-0.05, 0) is 61.9 Å². The van der Waals surface area contributed by atoms with Crippen molar-refractivity contribution in [3.05, 3.63) is 59.2 Å². The topological polar surface area (TPSA) is 57.6 Å². The lowest BCUT2D eigenvalue weighted by molar-refractivity contribution is 0.261. The van der Waals surface area contributed by atoms with Gasteiger partial charge in [0.1, 0.15) is 11.5 Å². The minimum Gasteiger partial charge on any atom is -0.508 e. The molecule has 0 aliphatic heterocycles. The number of methoxy groups -OCH3 is 1. The Hall–Kier alpha value is -2.50. The largest absolute Gasteiger partial charge is 0.508 e. The number of anilines is 1. The normalized spacial score (nSPS) is 11.2. The predicted molar refractivity (Wildman–Crippen MR) is 120 cm³/mol. The Morgan fingerprint density at radius 2 is 2.00 bits per heavy atom. The first-order chi connectivity index (χ1) is 14.1.